The van der Waals surface area contributed by atoms with Crippen LogP contribution in [0.2, 0.25) is 0 Å². The van der Waals surface area contributed by atoms with Gasteiger partial charge in [-0.2, -0.15) is 0 Å². The molecular weight excluding hydrogens is 272 g/mol. The first-order valence-corrected chi connectivity index (χ1v) is 7.64. The Hall–Kier alpha value is -1.34. The molecule has 7 heteroatoms. The first-order valence-electron chi connectivity index (χ1n) is 7.64. The van der Waals surface area contributed by atoms with Crippen LogP contribution in [0.1, 0.15) is 25.7 Å². The summed E-state index contributed by atoms with van der Waals surface area (Å²) in [5.41, 5.74) is 4.92. The molecule has 2 rings (SSSR count). The molecule has 1 amide bonds. The van der Waals surface area contributed by atoms with Gasteiger partial charge in [0.05, 0.1) is 0 Å². The van der Waals surface area contributed by atoms with Gasteiger partial charge in [0.1, 0.15) is 5.41 Å². The van der Waals surface area contributed by atoms with Crippen molar-refractivity contribution in [2.75, 3.05) is 46.4 Å². The third kappa shape index (κ3) is 3.47. The van der Waals surface area contributed by atoms with E-state index in [9.17, 15) is 4.79 Å². The van der Waals surface area contributed by atoms with Gasteiger partial charge in [-0.3, -0.25) is 4.79 Å². The van der Waals surface area contributed by atoms with E-state index in [4.69, 9.17) is 15.7 Å². The van der Waals surface area contributed by atoms with Gasteiger partial charge in [-0.25, -0.2) is 0 Å². The summed E-state index contributed by atoms with van der Waals surface area (Å²) in [5, 5.41) is 12.1. The number of likely N-dealkylation sites (tertiary alicyclic amines) is 1. The van der Waals surface area contributed by atoms with E-state index in [1.54, 1.807) is 11.9 Å². The van der Waals surface area contributed by atoms with Crippen molar-refractivity contribution in [1.29, 1.82) is 0 Å². The van der Waals surface area contributed by atoms with Crippen LogP contribution in [0.25, 0.3) is 0 Å². The van der Waals surface area contributed by atoms with E-state index in [-0.39, 0.29) is 11.7 Å². The first-order chi connectivity index (χ1) is 10.1. The lowest BCUT2D eigenvalue weighted by atomic mass is 9.77. The molecule has 2 heterocycles. The Morgan fingerprint density at radius 1 is 1.38 bits per heavy atom. The highest BCUT2D eigenvalue weighted by molar-refractivity contribution is 6.06. The quantitative estimate of drug-likeness (QED) is 0.325. The highest BCUT2D eigenvalue weighted by Crippen LogP contribution is 2.32. The third-order valence-electron chi connectivity index (χ3n) is 4.65. The van der Waals surface area contributed by atoms with Crippen LogP contribution >= 0.6 is 0 Å². The Kier molecular flexibility index (Phi) is 5.41. The summed E-state index contributed by atoms with van der Waals surface area (Å²) < 4.78 is 5.32. The summed E-state index contributed by atoms with van der Waals surface area (Å²) in [6, 6.07) is 0. The van der Waals surface area contributed by atoms with Crippen molar-refractivity contribution in [1.82, 2.24) is 9.80 Å². The standard InChI is InChI=1S/C14H26N4O3/c1-17(8-9-18-6-2-3-7-18)13(19)14(12(15)16-20)4-10-21-11-5-14/h20H,2-11H2,1H3,(H2,15,16). The van der Waals surface area contributed by atoms with Gasteiger partial charge in [0.25, 0.3) is 0 Å². The van der Waals surface area contributed by atoms with Crippen molar-refractivity contribution in [3.05, 3.63) is 0 Å². The molecule has 2 saturated heterocycles. The Morgan fingerprint density at radius 3 is 2.57 bits per heavy atom. The maximum Gasteiger partial charge on any atom is 0.236 e. The van der Waals surface area contributed by atoms with Gasteiger partial charge in [0, 0.05) is 33.4 Å². The van der Waals surface area contributed by atoms with Crippen molar-refractivity contribution in [3.63, 3.8) is 0 Å². The highest BCUT2D eigenvalue weighted by Gasteiger charge is 2.45. The fourth-order valence-electron chi connectivity index (χ4n) is 3.16. The average molecular weight is 298 g/mol. The van der Waals surface area contributed by atoms with Gasteiger partial charge >= 0.3 is 0 Å². The molecule has 0 unspecified atom stereocenters. The van der Waals surface area contributed by atoms with Crippen LogP contribution in [0.15, 0.2) is 5.16 Å². The number of nitrogens with zero attached hydrogens (tertiary/aromatic N) is 3. The van der Waals surface area contributed by atoms with E-state index in [1.165, 1.54) is 12.8 Å². The zero-order valence-corrected chi connectivity index (χ0v) is 12.8. The predicted molar refractivity (Wildman–Crippen MR) is 79.2 cm³/mol. The summed E-state index contributed by atoms with van der Waals surface area (Å²) in [6.07, 6.45) is 3.41. The van der Waals surface area contributed by atoms with E-state index in [1.807, 2.05) is 0 Å². The highest BCUT2D eigenvalue weighted by atomic mass is 16.5. The molecule has 0 aromatic carbocycles. The summed E-state index contributed by atoms with van der Waals surface area (Å²) in [7, 11) is 1.79. The molecule has 2 aliphatic heterocycles. The monoisotopic (exact) mass is 298 g/mol. The molecule has 0 aliphatic carbocycles. The molecule has 7 nitrogen and oxygen atoms in total. The second-order valence-corrected chi connectivity index (χ2v) is 5.96. The second kappa shape index (κ2) is 7.09. The molecule has 0 bridgehead atoms. The Morgan fingerprint density at radius 2 is 2.00 bits per heavy atom. The van der Waals surface area contributed by atoms with E-state index in [0.717, 1.165) is 19.6 Å². The summed E-state index contributed by atoms with van der Waals surface area (Å²) in [5.74, 6) is -0.0656. The molecule has 120 valence electrons. The summed E-state index contributed by atoms with van der Waals surface area (Å²) in [6.45, 7) is 4.69. The zero-order chi connectivity index (χ0) is 15.3. The first kappa shape index (κ1) is 16.0. The van der Waals surface area contributed by atoms with Crippen LogP contribution in [-0.4, -0.2) is 73.2 Å². The second-order valence-electron chi connectivity index (χ2n) is 5.96. The van der Waals surface area contributed by atoms with Crippen molar-refractivity contribution in [2.45, 2.75) is 25.7 Å². The number of carbonyl (C=O) groups is 1. The number of rotatable bonds is 5. The fraction of sp³-hybridized carbons (Fsp3) is 0.857. The fourth-order valence-corrected chi connectivity index (χ4v) is 3.16. The van der Waals surface area contributed by atoms with E-state index in [2.05, 4.69) is 10.1 Å². The molecule has 0 saturated carbocycles. The molecule has 2 fully saturated rings. The van der Waals surface area contributed by atoms with Crippen molar-refractivity contribution < 1.29 is 14.7 Å². The Balaban J connectivity index is 1.99. The van der Waals surface area contributed by atoms with Crippen molar-refractivity contribution in [3.8, 4) is 0 Å². The molecule has 0 aromatic heterocycles. The van der Waals surface area contributed by atoms with Gasteiger partial charge < -0.3 is 25.5 Å². The zero-order valence-electron chi connectivity index (χ0n) is 12.8. The minimum Gasteiger partial charge on any atom is -0.409 e. The number of hydrogen-bond donors (Lipinski definition) is 2. The predicted octanol–water partition coefficient (Wildman–Crippen LogP) is 0.0838. The van der Waals surface area contributed by atoms with E-state index >= 15 is 0 Å². The normalized spacial score (nSPS) is 23.2. The minimum absolute atomic E-state index is 0.00354. The third-order valence-corrected chi connectivity index (χ3v) is 4.65. The number of amidine groups is 1. The largest absolute Gasteiger partial charge is 0.409 e. The van der Waals surface area contributed by atoms with Crippen LogP contribution in [0.5, 0.6) is 0 Å². The van der Waals surface area contributed by atoms with Gasteiger partial charge in [0.15, 0.2) is 5.84 Å². The number of hydrogen-bond acceptors (Lipinski definition) is 5. The molecule has 2 aliphatic rings. The van der Waals surface area contributed by atoms with Crippen molar-refractivity contribution in [2.24, 2.45) is 16.3 Å². The van der Waals surface area contributed by atoms with Crippen molar-refractivity contribution >= 4 is 11.7 Å². The van der Waals surface area contributed by atoms with Crippen LogP contribution in [0.3, 0.4) is 0 Å². The number of carbonyl (C=O) groups excluding carboxylic acids is 1. The molecule has 0 radical (unpaired) electrons. The molecule has 0 atom stereocenters. The van der Waals surface area contributed by atoms with Gasteiger partial charge in [-0.05, 0) is 38.8 Å². The van der Waals surface area contributed by atoms with Crippen LogP contribution in [-0.2, 0) is 9.53 Å². The van der Waals surface area contributed by atoms with Crippen LogP contribution in [0, 0.1) is 5.41 Å². The lowest BCUT2D eigenvalue weighted by Crippen LogP contribution is -2.54. The van der Waals surface area contributed by atoms with E-state index < -0.39 is 5.41 Å². The van der Waals surface area contributed by atoms with Crippen LogP contribution < -0.4 is 5.73 Å². The average Bonchev–Trinajstić information content (AvgIpc) is 3.05. The molecule has 3 N–H and O–H groups in total. The number of oxime groups is 1. The summed E-state index contributed by atoms with van der Waals surface area (Å²) in [4.78, 5) is 16.9. The number of ether oxygens (including phenoxy) is 1. The summed E-state index contributed by atoms with van der Waals surface area (Å²) >= 11 is 0. The number of amides is 1. The number of likely N-dealkylation sites (N-methyl/N-ethyl adjacent to an activating group) is 1. The molecule has 21 heavy (non-hydrogen) atoms. The van der Waals surface area contributed by atoms with Gasteiger partial charge in [0.2, 0.25) is 5.91 Å². The smallest absolute Gasteiger partial charge is 0.236 e. The Bertz CT molecular complexity index is 388. The minimum atomic E-state index is -0.910. The maximum atomic E-state index is 12.8. The van der Waals surface area contributed by atoms with Gasteiger partial charge in [-0.15, -0.1) is 0 Å². The van der Waals surface area contributed by atoms with Gasteiger partial charge in [-0.1, -0.05) is 5.16 Å². The Labute approximate surface area is 125 Å². The number of nitrogens with two attached hydrogens (primary N) is 1. The molecule has 0 spiro atoms. The molecular formula is C14H26N4O3. The SMILES string of the molecule is CN(CCN1CCCC1)C(=O)C1(C(N)=NO)CCOCC1. The maximum absolute atomic E-state index is 12.8. The van der Waals surface area contributed by atoms with Crippen LogP contribution in [0.4, 0.5) is 0 Å². The van der Waals surface area contributed by atoms with E-state index in [0.29, 0.717) is 32.6 Å². The molecule has 0 aromatic rings. The lowest BCUT2D eigenvalue weighted by Gasteiger charge is -2.37. The topological polar surface area (TPSA) is 91.4 Å². The lowest BCUT2D eigenvalue weighted by molar-refractivity contribution is -0.141.